The smallest absolute Gasteiger partial charge is 0.133 e. The number of thiazole rings is 1. The van der Waals surface area contributed by atoms with Crippen LogP contribution in [0.2, 0.25) is 0 Å². The van der Waals surface area contributed by atoms with Crippen molar-refractivity contribution in [2.24, 2.45) is 0 Å². The second-order valence-corrected chi connectivity index (χ2v) is 4.32. The van der Waals surface area contributed by atoms with Crippen LogP contribution in [0.5, 0.6) is 0 Å². The second kappa shape index (κ2) is 4.73. The lowest BCUT2D eigenvalue weighted by molar-refractivity contribution is 1.38. The Morgan fingerprint density at radius 2 is 2.38 bits per heavy atom. The maximum absolute atomic E-state index is 9.08. The number of nitriles is 1. The molecule has 0 N–H and O–H groups in total. The molecule has 0 aliphatic carbocycles. The summed E-state index contributed by atoms with van der Waals surface area (Å²) < 4.78 is 0. The Labute approximate surface area is 98.5 Å². The molecule has 0 saturated carbocycles. The monoisotopic (exact) mass is 226 g/mol. The quantitative estimate of drug-likeness (QED) is 0.735. The van der Waals surface area contributed by atoms with Crippen molar-refractivity contribution in [1.82, 2.24) is 4.98 Å². The van der Waals surface area contributed by atoms with Gasteiger partial charge in [0.1, 0.15) is 11.1 Å². The first-order valence-electron chi connectivity index (χ1n) is 4.88. The third-order valence-corrected chi connectivity index (χ3v) is 2.94. The van der Waals surface area contributed by atoms with E-state index >= 15 is 0 Å². The molecule has 1 aromatic carbocycles. The summed E-state index contributed by atoms with van der Waals surface area (Å²) >= 11 is 1.48. The molecule has 0 amide bonds. The van der Waals surface area contributed by atoms with E-state index in [0.717, 1.165) is 10.6 Å². The number of aryl methyl sites for hydroxylation is 1. The normalized spacial score (nSPS) is 11.1. The minimum absolute atomic E-state index is 0.612. The van der Waals surface area contributed by atoms with E-state index in [4.69, 9.17) is 5.26 Å². The van der Waals surface area contributed by atoms with Gasteiger partial charge in [-0.15, -0.1) is 11.3 Å². The molecule has 2 nitrogen and oxygen atoms in total. The third kappa shape index (κ3) is 2.36. The number of nitrogens with zero attached hydrogens (tertiary/aromatic N) is 2. The van der Waals surface area contributed by atoms with Crippen molar-refractivity contribution in [1.29, 1.82) is 5.26 Å². The van der Waals surface area contributed by atoms with Crippen LogP contribution in [0.1, 0.15) is 16.1 Å². The van der Waals surface area contributed by atoms with E-state index in [0.29, 0.717) is 5.57 Å². The van der Waals surface area contributed by atoms with Crippen LogP contribution < -0.4 is 0 Å². The highest BCUT2D eigenvalue weighted by atomic mass is 32.1. The maximum atomic E-state index is 9.08. The largest absolute Gasteiger partial charge is 0.244 e. The predicted octanol–water partition coefficient (Wildman–Crippen LogP) is 3.52. The van der Waals surface area contributed by atoms with Gasteiger partial charge < -0.3 is 0 Å². The Hall–Kier alpha value is -1.92. The van der Waals surface area contributed by atoms with Crippen LogP contribution in [0.4, 0.5) is 0 Å². The zero-order chi connectivity index (χ0) is 11.4. The van der Waals surface area contributed by atoms with Crippen LogP contribution in [-0.4, -0.2) is 4.98 Å². The fourth-order valence-electron chi connectivity index (χ4n) is 1.42. The zero-order valence-corrected chi connectivity index (χ0v) is 9.66. The Bertz CT molecular complexity index is 548. The van der Waals surface area contributed by atoms with Crippen molar-refractivity contribution in [3.63, 3.8) is 0 Å². The van der Waals surface area contributed by atoms with Crippen molar-refractivity contribution in [3.8, 4) is 6.07 Å². The summed E-state index contributed by atoms with van der Waals surface area (Å²) in [5.41, 5.74) is 2.83. The number of rotatable bonds is 2. The van der Waals surface area contributed by atoms with Gasteiger partial charge in [-0.3, -0.25) is 0 Å². The molecule has 0 aliphatic heterocycles. The molecule has 0 aliphatic rings. The van der Waals surface area contributed by atoms with E-state index in [1.807, 2.05) is 42.6 Å². The van der Waals surface area contributed by atoms with Crippen molar-refractivity contribution in [2.45, 2.75) is 6.92 Å². The number of benzene rings is 1. The highest BCUT2D eigenvalue weighted by Gasteiger charge is 2.03. The number of allylic oxidation sites excluding steroid dienone is 1. The van der Waals surface area contributed by atoms with E-state index in [2.05, 4.69) is 11.1 Å². The summed E-state index contributed by atoms with van der Waals surface area (Å²) in [7, 11) is 0. The molecule has 0 spiro atoms. The van der Waals surface area contributed by atoms with E-state index in [1.165, 1.54) is 16.9 Å². The van der Waals surface area contributed by atoms with Gasteiger partial charge in [0, 0.05) is 11.6 Å². The summed E-state index contributed by atoms with van der Waals surface area (Å²) in [6.07, 6.45) is 3.58. The van der Waals surface area contributed by atoms with Gasteiger partial charge in [0.25, 0.3) is 0 Å². The van der Waals surface area contributed by atoms with E-state index in [-0.39, 0.29) is 0 Å². The standard InChI is InChI=1S/C13H10N2S/c1-10-3-2-4-11(7-10)8-12(9-14)13-15-5-6-16-13/h2-8H,1H3/b12-8+. The first kappa shape index (κ1) is 10.6. The van der Waals surface area contributed by atoms with Crippen molar-refractivity contribution in [3.05, 3.63) is 52.0 Å². The Kier molecular flexibility index (Phi) is 3.13. The lowest BCUT2D eigenvalue weighted by Gasteiger charge is -1.97. The molecule has 1 aromatic heterocycles. The van der Waals surface area contributed by atoms with Crippen molar-refractivity contribution in [2.75, 3.05) is 0 Å². The third-order valence-electron chi connectivity index (χ3n) is 2.14. The zero-order valence-electron chi connectivity index (χ0n) is 8.84. The van der Waals surface area contributed by atoms with Gasteiger partial charge in [-0.25, -0.2) is 4.98 Å². The van der Waals surface area contributed by atoms with Crippen LogP contribution in [-0.2, 0) is 0 Å². The van der Waals surface area contributed by atoms with Gasteiger partial charge in [0.05, 0.1) is 5.57 Å². The molecule has 0 radical (unpaired) electrons. The van der Waals surface area contributed by atoms with Gasteiger partial charge in [-0.2, -0.15) is 5.26 Å². The van der Waals surface area contributed by atoms with Gasteiger partial charge >= 0.3 is 0 Å². The SMILES string of the molecule is Cc1cccc(/C=C(\C#N)c2nccs2)c1. The highest BCUT2D eigenvalue weighted by Crippen LogP contribution is 2.19. The van der Waals surface area contributed by atoms with Crippen LogP contribution in [0, 0.1) is 18.3 Å². The molecule has 0 saturated heterocycles. The molecule has 78 valence electrons. The summed E-state index contributed by atoms with van der Waals surface area (Å²) in [6.45, 7) is 2.03. The molecule has 1 heterocycles. The minimum Gasteiger partial charge on any atom is -0.244 e. The topological polar surface area (TPSA) is 36.7 Å². The highest BCUT2D eigenvalue weighted by molar-refractivity contribution is 7.10. The average Bonchev–Trinajstić information content (AvgIpc) is 2.79. The fraction of sp³-hybridized carbons (Fsp3) is 0.0769. The van der Waals surface area contributed by atoms with E-state index in [9.17, 15) is 0 Å². The van der Waals surface area contributed by atoms with Gasteiger partial charge in [-0.1, -0.05) is 29.8 Å². The van der Waals surface area contributed by atoms with Crippen LogP contribution >= 0.6 is 11.3 Å². The summed E-state index contributed by atoms with van der Waals surface area (Å²) in [4.78, 5) is 4.13. The fourth-order valence-corrected chi connectivity index (χ4v) is 2.03. The maximum Gasteiger partial charge on any atom is 0.133 e. The van der Waals surface area contributed by atoms with E-state index in [1.54, 1.807) is 6.20 Å². The molecule has 2 aromatic rings. The summed E-state index contributed by atoms with van der Waals surface area (Å²) in [5, 5.41) is 11.7. The van der Waals surface area contributed by atoms with E-state index < -0.39 is 0 Å². The number of aromatic nitrogens is 1. The number of hydrogen-bond acceptors (Lipinski definition) is 3. The first-order chi connectivity index (χ1) is 7.79. The van der Waals surface area contributed by atoms with Crippen molar-refractivity contribution >= 4 is 23.0 Å². The molecule has 0 bridgehead atoms. The van der Waals surface area contributed by atoms with Gasteiger partial charge in [-0.05, 0) is 18.6 Å². The van der Waals surface area contributed by atoms with Crippen LogP contribution in [0.3, 0.4) is 0 Å². The van der Waals surface area contributed by atoms with Crippen molar-refractivity contribution < 1.29 is 0 Å². The minimum atomic E-state index is 0.612. The number of hydrogen-bond donors (Lipinski definition) is 0. The molecule has 0 fully saturated rings. The molecule has 3 heteroatoms. The average molecular weight is 226 g/mol. The molecular formula is C13H10N2S. The lowest BCUT2D eigenvalue weighted by Crippen LogP contribution is -1.80. The second-order valence-electron chi connectivity index (χ2n) is 3.42. The molecule has 2 rings (SSSR count). The van der Waals surface area contributed by atoms with Crippen LogP contribution in [0.25, 0.3) is 11.6 Å². The predicted molar refractivity (Wildman–Crippen MR) is 66.8 cm³/mol. The van der Waals surface area contributed by atoms with Gasteiger partial charge in [0.15, 0.2) is 0 Å². The molecule has 0 atom stereocenters. The Balaban J connectivity index is 2.40. The first-order valence-corrected chi connectivity index (χ1v) is 5.76. The van der Waals surface area contributed by atoms with Crippen LogP contribution in [0.15, 0.2) is 35.8 Å². The van der Waals surface area contributed by atoms with Gasteiger partial charge in [0.2, 0.25) is 0 Å². The lowest BCUT2D eigenvalue weighted by atomic mass is 10.1. The molecule has 16 heavy (non-hydrogen) atoms. The summed E-state index contributed by atoms with van der Waals surface area (Å²) in [5.74, 6) is 0. The Morgan fingerprint density at radius 3 is 3.00 bits per heavy atom. The molecular weight excluding hydrogens is 216 g/mol. The summed E-state index contributed by atoms with van der Waals surface area (Å²) in [6, 6.07) is 10.2. The molecule has 0 unspecified atom stereocenters. The Morgan fingerprint density at radius 1 is 1.50 bits per heavy atom.